The number of aliphatic hydroxyl groups is 1. The molecular formula is C17H34N2O. The summed E-state index contributed by atoms with van der Waals surface area (Å²) in [6, 6.07) is 1.46. The second kappa shape index (κ2) is 7.24. The van der Waals surface area contributed by atoms with Gasteiger partial charge in [0.2, 0.25) is 0 Å². The van der Waals surface area contributed by atoms with Gasteiger partial charge in [0.25, 0.3) is 0 Å². The normalized spacial score (nSPS) is 26.9. The molecule has 1 aliphatic heterocycles. The molecule has 0 bridgehead atoms. The molecule has 0 aromatic heterocycles. The quantitative estimate of drug-likeness (QED) is 0.814. The monoisotopic (exact) mass is 282 g/mol. The maximum atomic E-state index is 10.3. The summed E-state index contributed by atoms with van der Waals surface area (Å²) in [4.78, 5) is 2.72. The summed E-state index contributed by atoms with van der Waals surface area (Å²) < 4.78 is 0. The summed E-state index contributed by atoms with van der Waals surface area (Å²) in [5, 5.41) is 13.9. The van der Waals surface area contributed by atoms with Crippen LogP contribution in [-0.4, -0.2) is 47.3 Å². The lowest BCUT2D eigenvalue weighted by Crippen LogP contribution is -2.51. The zero-order valence-corrected chi connectivity index (χ0v) is 13.7. The van der Waals surface area contributed by atoms with E-state index in [4.69, 9.17) is 0 Å². The zero-order chi connectivity index (χ0) is 14.6. The number of nitrogens with one attached hydrogen (secondary N) is 1. The Balaban J connectivity index is 1.69. The van der Waals surface area contributed by atoms with Crippen molar-refractivity contribution < 1.29 is 5.11 Å². The summed E-state index contributed by atoms with van der Waals surface area (Å²) in [5.74, 6) is 0.303. The predicted octanol–water partition coefficient (Wildman–Crippen LogP) is 2.78. The van der Waals surface area contributed by atoms with E-state index < -0.39 is 5.60 Å². The van der Waals surface area contributed by atoms with Crippen LogP contribution in [0, 0.1) is 5.92 Å². The van der Waals surface area contributed by atoms with Crippen molar-refractivity contribution in [2.24, 2.45) is 5.92 Å². The first-order valence-corrected chi connectivity index (χ1v) is 8.69. The Morgan fingerprint density at radius 1 is 1.10 bits per heavy atom. The van der Waals surface area contributed by atoms with Gasteiger partial charge in [0.1, 0.15) is 0 Å². The molecule has 1 unspecified atom stereocenters. The molecule has 0 spiro atoms. The first-order valence-electron chi connectivity index (χ1n) is 8.69. The smallest absolute Gasteiger partial charge is 0.0766 e. The summed E-state index contributed by atoms with van der Waals surface area (Å²) >= 11 is 0. The summed E-state index contributed by atoms with van der Waals surface area (Å²) in [6.07, 6.45) is 9.62. The first kappa shape index (κ1) is 16.3. The van der Waals surface area contributed by atoms with Crippen molar-refractivity contribution in [1.82, 2.24) is 10.2 Å². The lowest BCUT2D eigenvalue weighted by molar-refractivity contribution is 0.00856. The van der Waals surface area contributed by atoms with Crippen molar-refractivity contribution in [2.45, 2.75) is 83.4 Å². The molecule has 2 aliphatic rings. The molecular weight excluding hydrogens is 248 g/mol. The lowest BCUT2D eigenvalue weighted by Gasteiger charge is -2.40. The number of rotatable bonds is 5. The SMILES string of the molecule is CC(C)C(C)(O)CNC1CCN(C2CCCCC2)CC1. The number of hydrogen-bond acceptors (Lipinski definition) is 3. The standard InChI is InChI=1S/C17H34N2O/c1-14(2)17(3,20)13-18-15-9-11-19(12-10-15)16-7-5-4-6-8-16/h14-16,18,20H,4-13H2,1-3H3. The van der Waals surface area contributed by atoms with Crippen LogP contribution in [0.4, 0.5) is 0 Å². The van der Waals surface area contributed by atoms with Crippen LogP contribution in [0.15, 0.2) is 0 Å². The van der Waals surface area contributed by atoms with Crippen molar-refractivity contribution in [3.05, 3.63) is 0 Å². The van der Waals surface area contributed by atoms with Gasteiger partial charge in [-0.15, -0.1) is 0 Å². The van der Waals surface area contributed by atoms with E-state index in [1.165, 1.54) is 58.0 Å². The molecule has 1 saturated heterocycles. The molecule has 0 aromatic rings. The highest BCUT2D eigenvalue weighted by atomic mass is 16.3. The average molecular weight is 282 g/mol. The molecule has 3 nitrogen and oxygen atoms in total. The maximum Gasteiger partial charge on any atom is 0.0766 e. The van der Waals surface area contributed by atoms with Gasteiger partial charge in [-0.05, 0) is 51.6 Å². The Morgan fingerprint density at radius 2 is 1.70 bits per heavy atom. The predicted molar refractivity (Wildman–Crippen MR) is 84.9 cm³/mol. The maximum absolute atomic E-state index is 10.3. The number of piperidine rings is 1. The fourth-order valence-corrected chi connectivity index (χ4v) is 3.47. The summed E-state index contributed by atoms with van der Waals surface area (Å²) in [7, 11) is 0. The highest BCUT2D eigenvalue weighted by molar-refractivity contribution is 4.86. The molecule has 2 fully saturated rings. The van der Waals surface area contributed by atoms with Crippen LogP contribution in [0.1, 0.15) is 65.7 Å². The second-order valence-electron chi connectivity index (χ2n) is 7.49. The molecule has 0 amide bonds. The van der Waals surface area contributed by atoms with Crippen LogP contribution < -0.4 is 5.32 Å². The third-order valence-electron chi connectivity index (χ3n) is 5.61. The van der Waals surface area contributed by atoms with Gasteiger partial charge in [-0.2, -0.15) is 0 Å². The molecule has 2 rings (SSSR count). The molecule has 0 aromatic carbocycles. The van der Waals surface area contributed by atoms with Crippen molar-refractivity contribution in [2.75, 3.05) is 19.6 Å². The molecule has 20 heavy (non-hydrogen) atoms. The molecule has 1 saturated carbocycles. The summed E-state index contributed by atoms with van der Waals surface area (Å²) in [5.41, 5.74) is -0.583. The van der Waals surface area contributed by atoms with Gasteiger partial charge in [0.15, 0.2) is 0 Å². The fourth-order valence-electron chi connectivity index (χ4n) is 3.47. The van der Waals surface area contributed by atoms with Crippen molar-refractivity contribution in [3.63, 3.8) is 0 Å². The zero-order valence-electron chi connectivity index (χ0n) is 13.7. The van der Waals surface area contributed by atoms with E-state index >= 15 is 0 Å². The van der Waals surface area contributed by atoms with Crippen molar-refractivity contribution in [1.29, 1.82) is 0 Å². The van der Waals surface area contributed by atoms with E-state index in [1.54, 1.807) is 0 Å². The lowest BCUT2D eigenvalue weighted by atomic mass is 9.90. The van der Waals surface area contributed by atoms with Gasteiger partial charge in [0.05, 0.1) is 5.60 Å². The largest absolute Gasteiger partial charge is 0.389 e. The highest BCUT2D eigenvalue weighted by Crippen LogP contribution is 2.25. The van der Waals surface area contributed by atoms with Crippen molar-refractivity contribution >= 4 is 0 Å². The Kier molecular flexibility index (Phi) is 5.88. The van der Waals surface area contributed by atoms with Gasteiger partial charge >= 0.3 is 0 Å². The Hall–Kier alpha value is -0.120. The van der Waals surface area contributed by atoms with E-state index in [1.807, 2.05) is 6.92 Å². The third-order valence-corrected chi connectivity index (χ3v) is 5.61. The topological polar surface area (TPSA) is 35.5 Å². The Labute approximate surface area is 125 Å². The van der Waals surface area contributed by atoms with E-state index in [0.29, 0.717) is 12.0 Å². The Morgan fingerprint density at radius 3 is 2.25 bits per heavy atom. The fraction of sp³-hybridized carbons (Fsp3) is 1.00. The van der Waals surface area contributed by atoms with E-state index in [0.717, 1.165) is 12.6 Å². The minimum Gasteiger partial charge on any atom is -0.389 e. The molecule has 2 N–H and O–H groups in total. The van der Waals surface area contributed by atoms with Crippen LogP contribution in [0.25, 0.3) is 0 Å². The molecule has 0 radical (unpaired) electrons. The molecule has 118 valence electrons. The molecule has 1 atom stereocenters. The highest BCUT2D eigenvalue weighted by Gasteiger charge is 2.29. The van der Waals surface area contributed by atoms with Crippen LogP contribution in [0.3, 0.4) is 0 Å². The number of nitrogens with zero attached hydrogens (tertiary/aromatic N) is 1. The Bertz CT molecular complexity index is 277. The van der Waals surface area contributed by atoms with E-state index in [9.17, 15) is 5.11 Å². The van der Waals surface area contributed by atoms with Crippen LogP contribution in [0.5, 0.6) is 0 Å². The van der Waals surface area contributed by atoms with Crippen LogP contribution >= 0.6 is 0 Å². The molecule has 3 heteroatoms. The summed E-state index contributed by atoms with van der Waals surface area (Å²) in [6.45, 7) is 9.33. The van der Waals surface area contributed by atoms with Gasteiger partial charge in [-0.25, -0.2) is 0 Å². The molecule has 1 aliphatic carbocycles. The van der Waals surface area contributed by atoms with E-state index in [-0.39, 0.29) is 0 Å². The van der Waals surface area contributed by atoms with E-state index in [2.05, 4.69) is 24.1 Å². The van der Waals surface area contributed by atoms with Gasteiger partial charge < -0.3 is 15.3 Å². The van der Waals surface area contributed by atoms with Crippen LogP contribution in [0.2, 0.25) is 0 Å². The van der Waals surface area contributed by atoms with Gasteiger partial charge in [-0.3, -0.25) is 0 Å². The number of hydrogen-bond donors (Lipinski definition) is 2. The number of likely N-dealkylation sites (tertiary alicyclic amines) is 1. The van der Waals surface area contributed by atoms with Gasteiger partial charge in [-0.1, -0.05) is 33.1 Å². The minimum atomic E-state index is -0.583. The first-order chi connectivity index (χ1) is 9.49. The second-order valence-corrected chi connectivity index (χ2v) is 7.49. The van der Waals surface area contributed by atoms with Gasteiger partial charge in [0, 0.05) is 18.6 Å². The average Bonchev–Trinajstić information content (AvgIpc) is 2.46. The molecule has 1 heterocycles. The third kappa shape index (κ3) is 4.44. The van der Waals surface area contributed by atoms with Crippen LogP contribution in [-0.2, 0) is 0 Å². The minimum absolute atomic E-state index is 0.303. The van der Waals surface area contributed by atoms with Crippen molar-refractivity contribution in [3.8, 4) is 0 Å².